The van der Waals surface area contributed by atoms with Crippen LogP contribution in [0.4, 0.5) is 0 Å². The van der Waals surface area contributed by atoms with Crippen molar-refractivity contribution in [2.45, 2.75) is 19.5 Å². The quantitative estimate of drug-likeness (QED) is 0.873. The number of aromatic nitrogens is 1. The third-order valence-electron chi connectivity index (χ3n) is 4.21. The van der Waals surface area contributed by atoms with Crippen LogP contribution in [0.2, 0.25) is 0 Å². The van der Waals surface area contributed by atoms with Gasteiger partial charge in [-0.15, -0.1) is 0 Å². The Morgan fingerprint density at radius 1 is 1.14 bits per heavy atom. The van der Waals surface area contributed by atoms with E-state index < -0.39 is 0 Å². The zero-order valence-corrected chi connectivity index (χ0v) is 12.9. The van der Waals surface area contributed by atoms with Crippen molar-refractivity contribution < 1.29 is 4.79 Å². The molecule has 1 amide bonds. The first kappa shape index (κ1) is 14.7. The number of nitrogens with zero attached hydrogens (tertiary/aromatic N) is 3. The molecule has 0 bridgehead atoms. The summed E-state index contributed by atoms with van der Waals surface area (Å²) < 4.78 is 0. The number of rotatable bonds is 3. The predicted octanol–water partition coefficient (Wildman–Crippen LogP) is 2.49. The maximum atomic E-state index is 11.9. The van der Waals surface area contributed by atoms with Crippen LogP contribution in [0.3, 0.4) is 0 Å². The van der Waals surface area contributed by atoms with E-state index in [-0.39, 0.29) is 11.9 Å². The van der Waals surface area contributed by atoms with Gasteiger partial charge in [0.05, 0.1) is 6.04 Å². The third-order valence-corrected chi connectivity index (χ3v) is 4.21. The molecule has 1 aromatic heterocycles. The van der Waals surface area contributed by atoms with E-state index in [4.69, 9.17) is 0 Å². The van der Waals surface area contributed by atoms with Crippen LogP contribution in [0.1, 0.15) is 24.1 Å². The first-order chi connectivity index (χ1) is 10.7. The van der Waals surface area contributed by atoms with Crippen molar-refractivity contribution in [1.29, 1.82) is 0 Å². The number of amides is 1. The lowest BCUT2D eigenvalue weighted by Crippen LogP contribution is -2.49. The minimum Gasteiger partial charge on any atom is -0.333 e. The molecule has 0 saturated carbocycles. The van der Waals surface area contributed by atoms with Crippen molar-refractivity contribution in [2.24, 2.45) is 0 Å². The standard InChI is InChI=1S/C18H21N3O/c1-15(22)21-12-11-20(13-16-7-9-19-10-8-16)14-18(21)17-5-3-2-4-6-17/h2-10,18H,11-14H2,1H3/t18-/m1/s1. The minimum atomic E-state index is 0.134. The summed E-state index contributed by atoms with van der Waals surface area (Å²) in [5.74, 6) is 0.150. The van der Waals surface area contributed by atoms with Crippen LogP contribution in [0.5, 0.6) is 0 Å². The first-order valence-electron chi connectivity index (χ1n) is 7.67. The Labute approximate surface area is 131 Å². The summed E-state index contributed by atoms with van der Waals surface area (Å²) in [6.45, 7) is 5.11. The molecule has 0 unspecified atom stereocenters. The molecule has 2 aromatic rings. The maximum Gasteiger partial charge on any atom is 0.220 e. The number of piperazine rings is 1. The van der Waals surface area contributed by atoms with Crippen LogP contribution >= 0.6 is 0 Å². The second-order valence-electron chi connectivity index (χ2n) is 5.73. The molecule has 1 atom stereocenters. The second-order valence-corrected chi connectivity index (χ2v) is 5.73. The highest BCUT2D eigenvalue weighted by Crippen LogP contribution is 2.26. The fraction of sp³-hybridized carbons (Fsp3) is 0.333. The molecule has 114 valence electrons. The van der Waals surface area contributed by atoms with Gasteiger partial charge in [-0.1, -0.05) is 30.3 Å². The number of benzene rings is 1. The molecule has 1 saturated heterocycles. The fourth-order valence-electron chi connectivity index (χ4n) is 3.07. The number of carbonyl (C=O) groups excluding carboxylic acids is 1. The van der Waals surface area contributed by atoms with Gasteiger partial charge >= 0.3 is 0 Å². The molecule has 2 heterocycles. The van der Waals surface area contributed by atoms with Gasteiger partial charge in [0, 0.05) is 45.5 Å². The number of hydrogen-bond donors (Lipinski definition) is 0. The molecule has 3 rings (SSSR count). The molecule has 0 N–H and O–H groups in total. The lowest BCUT2D eigenvalue weighted by atomic mass is 10.0. The fourth-order valence-corrected chi connectivity index (χ4v) is 3.07. The molecule has 1 aliphatic rings. The van der Waals surface area contributed by atoms with Gasteiger partial charge in [-0.05, 0) is 23.3 Å². The molecule has 1 aromatic carbocycles. The zero-order valence-electron chi connectivity index (χ0n) is 12.9. The molecule has 4 nitrogen and oxygen atoms in total. The van der Waals surface area contributed by atoms with E-state index in [0.29, 0.717) is 0 Å². The molecule has 0 radical (unpaired) electrons. The van der Waals surface area contributed by atoms with E-state index in [1.54, 1.807) is 6.92 Å². The van der Waals surface area contributed by atoms with E-state index in [0.717, 1.165) is 26.2 Å². The van der Waals surface area contributed by atoms with Crippen LogP contribution in [-0.4, -0.2) is 40.3 Å². The lowest BCUT2D eigenvalue weighted by molar-refractivity contribution is -0.134. The summed E-state index contributed by atoms with van der Waals surface area (Å²) in [7, 11) is 0. The molecular weight excluding hydrogens is 274 g/mol. The largest absolute Gasteiger partial charge is 0.333 e. The molecule has 1 fully saturated rings. The first-order valence-corrected chi connectivity index (χ1v) is 7.67. The summed E-state index contributed by atoms with van der Waals surface area (Å²) in [4.78, 5) is 20.4. The Kier molecular flexibility index (Phi) is 4.49. The molecular formula is C18H21N3O. The van der Waals surface area contributed by atoms with Gasteiger partial charge in [-0.2, -0.15) is 0 Å². The molecule has 0 aliphatic carbocycles. The number of hydrogen-bond acceptors (Lipinski definition) is 3. The minimum absolute atomic E-state index is 0.134. The second kappa shape index (κ2) is 6.71. The average molecular weight is 295 g/mol. The van der Waals surface area contributed by atoms with Crippen LogP contribution in [0.15, 0.2) is 54.9 Å². The summed E-state index contributed by atoms with van der Waals surface area (Å²) in [5, 5.41) is 0. The third kappa shape index (κ3) is 3.34. The summed E-state index contributed by atoms with van der Waals surface area (Å²) >= 11 is 0. The van der Waals surface area contributed by atoms with Gasteiger partial charge in [0.15, 0.2) is 0 Å². The summed E-state index contributed by atoms with van der Waals surface area (Å²) in [6.07, 6.45) is 3.66. The normalized spacial score (nSPS) is 19.1. The Bertz CT molecular complexity index is 615. The summed E-state index contributed by atoms with van der Waals surface area (Å²) in [6, 6.07) is 14.5. The Morgan fingerprint density at radius 2 is 1.86 bits per heavy atom. The van der Waals surface area contributed by atoms with E-state index >= 15 is 0 Å². The summed E-state index contributed by atoms with van der Waals surface area (Å²) in [5.41, 5.74) is 2.47. The number of carbonyl (C=O) groups is 1. The van der Waals surface area contributed by atoms with Crippen molar-refractivity contribution in [3.63, 3.8) is 0 Å². The average Bonchev–Trinajstić information content (AvgIpc) is 2.56. The predicted molar refractivity (Wildman–Crippen MR) is 86.1 cm³/mol. The van der Waals surface area contributed by atoms with Crippen molar-refractivity contribution in [2.75, 3.05) is 19.6 Å². The van der Waals surface area contributed by atoms with Crippen molar-refractivity contribution in [3.05, 3.63) is 66.0 Å². The van der Waals surface area contributed by atoms with Gasteiger partial charge in [-0.25, -0.2) is 0 Å². The van der Waals surface area contributed by atoms with Crippen LogP contribution in [0, 0.1) is 0 Å². The Hall–Kier alpha value is -2.20. The van der Waals surface area contributed by atoms with E-state index in [1.165, 1.54) is 11.1 Å². The van der Waals surface area contributed by atoms with Gasteiger partial charge in [0.25, 0.3) is 0 Å². The monoisotopic (exact) mass is 295 g/mol. The highest BCUT2D eigenvalue weighted by Gasteiger charge is 2.29. The molecule has 22 heavy (non-hydrogen) atoms. The Balaban J connectivity index is 1.77. The van der Waals surface area contributed by atoms with Gasteiger partial charge < -0.3 is 4.90 Å². The van der Waals surface area contributed by atoms with Crippen LogP contribution in [-0.2, 0) is 11.3 Å². The molecule has 4 heteroatoms. The van der Waals surface area contributed by atoms with Gasteiger partial charge in [-0.3, -0.25) is 14.7 Å². The Morgan fingerprint density at radius 3 is 2.55 bits per heavy atom. The molecule has 0 spiro atoms. The van der Waals surface area contributed by atoms with E-state index in [1.807, 2.05) is 35.5 Å². The van der Waals surface area contributed by atoms with E-state index in [9.17, 15) is 4.79 Å². The smallest absolute Gasteiger partial charge is 0.220 e. The molecule has 1 aliphatic heterocycles. The maximum absolute atomic E-state index is 11.9. The lowest BCUT2D eigenvalue weighted by Gasteiger charge is -2.41. The number of pyridine rings is 1. The SMILES string of the molecule is CC(=O)N1CCN(Cc2ccncc2)C[C@@H]1c1ccccc1. The van der Waals surface area contributed by atoms with Crippen LogP contribution in [0.25, 0.3) is 0 Å². The van der Waals surface area contributed by atoms with Gasteiger partial charge in [0.1, 0.15) is 0 Å². The van der Waals surface area contributed by atoms with Crippen LogP contribution < -0.4 is 0 Å². The van der Waals surface area contributed by atoms with Crippen molar-refractivity contribution in [3.8, 4) is 0 Å². The van der Waals surface area contributed by atoms with Gasteiger partial charge in [0.2, 0.25) is 5.91 Å². The van der Waals surface area contributed by atoms with Crippen molar-refractivity contribution >= 4 is 5.91 Å². The highest BCUT2D eigenvalue weighted by molar-refractivity contribution is 5.74. The van der Waals surface area contributed by atoms with Crippen molar-refractivity contribution in [1.82, 2.24) is 14.8 Å². The van der Waals surface area contributed by atoms with E-state index in [2.05, 4.69) is 34.1 Å². The highest BCUT2D eigenvalue weighted by atomic mass is 16.2. The zero-order chi connectivity index (χ0) is 15.4. The topological polar surface area (TPSA) is 36.4 Å².